The number of benzene rings is 3. The molecule has 31 heavy (non-hydrogen) atoms. The molecule has 0 saturated carbocycles. The molecule has 0 amide bonds. The van der Waals surface area contributed by atoms with Gasteiger partial charge in [0.1, 0.15) is 5.75 Å². The maximum Gasteiger partial charge on any atom is 0.175 e. The van der Waals surface area contributed by atoms with Gasteiger partial charge < -0.3 is 14.5 Å². The average Bonchev–Trinajstić information content (AvgIpc) is 3.21. The van der Waals surface area contributed by atoms with Gasteiger partial charge in [0.15, 0.2) is 5.58 Å². The van der Waals surface area contributed by atoms with Crippen molar-refractivity contribution in [1.29, 1.82) is 0 Å². The molecule has 0 atom stereocenters. The van der Waals surface area contributed by atoms with E-state index in [0.29, 0.717) is 23.6 Å². The molecule has 5 nitrogen and oxygen atoms in total. The van der Waals surface area contributed by atoms with E-state index in [0.717, 1.165) is 48.4 Å². The zero-order valence-electron chi connectivity index (χ0n) is 17.2. The first kappa shape index (κ1) is 19.9. The third kappa shape index (κ3) is 4.24. The fourth-order valence-corrected chi connectivity index (χ4v) is 4.33. The number of anilines is 1. The van der Waals surface area contributed by atoms with Gasteiger partial charge in [-0.1, -0.05) is 47.1 Å². The minimum absolute atomic E-state index is 0.257. The molecule has 4 aromatic rings. The van der Waals surface area contributed by atoms with E-state index >= 15 is 0 Å². The quantitative estimate of drug-likeness (QED) is 0.474. The van der Waals surface area contributed by atoms with Gasteiger partial charge in [0, 0.05) is 55.2 Å². The molecule has 1 aliphatic heterocycles. The highest BCUT2D eigenvalue weighted by molar-refractivity contribution is 6.30. The molecule has 158 valence electrons. The zero-order chi connectivity index (χ0) is 21.2. The smallest absolute Gasteiger partial charge is 0.175 e. The lowest BCUT2D eigenvalue weighted by molar-refractivity contribution is 0.246. The van der Waals surface area contributed by atoms with Gasteiger partial charge >= 0.3 is 0 Å². The van der Waals surface area contributed by atoms with E-state index in [1.807, 2.05) is 36.4 Å². The van der Waals surface area contributed by atoms with E-state index in [4.69, 9.17) is 16.1 Å². The maximum absolute atomic E-state index is 10.6. The van der Waals surface area contributed by atoms with Crippen LogP contribution in [0.15, 0.2) is 71.3 Å². The van der Waals surface area contributed by atoms with Gasteiger partial charge in [-0.2, -0.15) is 0 Å². The molecule has 6 heteroatoms. The number of para-hydroxylation sites is 1. The zero-order valence-corrected chi connectivity index (χ0v) is 17.9. The lowest BCUT2D eigenvalue weighted by atomic mass is 10.0. The number of hydrogen-bond acceptors (Lipinski definition) is 5. The average molecular weight is 434 g/mol. The first-order valence-electron chi connectivity index (χ1n) is 10.5. The Kier molecular flexibility index (Phi) is 5.53. The van der Waals surface area contributed by atoms with Crippen molar-refractivity contribution in [2.24, 2.45) is 0 Å². The number of phenols is 1. The third-order valence-corrected chi connectivity index (χ3v) is 6.21. The van der Waals surface area contributed by atoms with Crippen LogP contribution in [0.4, 0.5) is 5.69 Å². The summed E-state index contributed by atoms with van der Waals surface area (Å²) in [6.45, 7) is 4.41. The van der Waals surface area contributed by atoms with Gasteiger partial charge in [-0.05, 0) is 42.0 Å². The summed E-state index contributed by atoms with van der Waals surface area (Å²) < 4.78 is 5.72. The number of hydrogen-bond donors (Lipinski definition) is 1. The molecule has 0 bridgehead atoms. The summed E-state index contributed by atoms with van der Waals surface area (Å²) in [6.07, 6.45) is 0.657. The molecule has 1 fully saturated rings. The highest BCUT2D eigenvalue weighted by Crippen LogP contribution is 2.32. The molecule has 3 aromatic carbocycles. The van der Waals surface area contributed by atoms with E-state index in [-0.39, 0.29) is 5.75 Å². The molecular formula is C25H24ClN3O2. The number of phenolic OH excluding ortho intramolecular Hbond substituents is 1. The fourth-order valence-electron chi connectivity index (χ4n) is 4.20. The van der Waals surface area contributed by atoms with Crippen molar-refractivity contribution >= 4 is 28.3 Å². The normalized spacial score (nSPS) is 14.9. The number of aromatic hydroxyl groups is 1. The lowest BCUT2D eigenvalue weighted by Gasteiger charge is -2.36. The number of piperazine rings is 1. The maximum atomic E-state index is 10.6. The predicted octanol–water partition coefficient (Wildman–Crippen LogP) is 5.10. The summed E-state index contributed by atoms with van der Waals surface area (Å²) in [6, 6.07) is 21.9. The number of nitrogens with zero attached hydrogens (tertiary/aromatic N) is 3. The second-order valence-corrected chi connectivity index (χ2v) is 8.41. The molecule has 0 spiro atoms. The predicted molar refractivity (Wildman–Crippen MR) is 124 cm³/mol. The fraction of sp³-hybridized carbons (Fsp3) is 0.240. The summed E-state index contributed by atoms with van der Waals surface area (Å²) in [5.74, 6) is 0.257. The monoisotopic (exact) mass is 433 g/mol. The lowest BCUT2D eigenvalue weighted by Crippen LogP contribution is -2.45. The number of rotatable bonds is 5. The van der Waals surface area contributed by atoms with Crippen molar-refractivity contribution in [2.75, 3.05) is 31.1 Å². The second-order valence-electron chi connectivity index (χ2n) is 7.97. The number of fused-ring (bicyclic) bond motifs is 1. The molecule has 1 aliphatic rings. The van der Waals surface area contributed by atoms with Gasteiger partial charge in [-0.25, -0.2) is 0 Å². The van der Waals surface area contributed by atoms with Crippen molar-refractivity contribution in [3.05, 3.63) is 88.6 Å². The minimum atomic E-state index is 0.257. The Balaban J connectivity index is 1.32. The van der Waals surface area contributed by atoms with Crippen LogP contribution in [-0.2, 0) is 13.0 Å². The largest absolute Gasteiger partial charge is 0.507 e. The highest BCUT2D eigenvalue weighted by atomic mass is 35.5. The van der Waals surface area contributed by atoms with Crippen molar-refractivity contribution in [3.63, 3.8) is 0 Å². The molecule has 5 rings (SSSR count). The van der Waals surface area contributed by atoms with E-state index in [1.54, 1.807) is 6.07 Å². The van der Waals surface area contributed by atoms with Crippen LogP contribution in [0.2, 0.25) is 5.02 Å². The Morgan fingerprint density at radius 1 is 0.903 bits per heavy atom. The van der Waals surface area contributed by atoms with Crippen LogP contribution in [0.3, 0.4) is 0 Å². The van der Waals surface area contributed by atoms with Crippen LogP contribution >= 0.6 is 11.6 Å². The van der Waals surface area contributed by atoms with Gasteiger partial charge in [0.05, 0.1) is 11.3 Å². The van der Waals surface area contributed by atoms with Gasteiger partial charge in [0.25, 0.3) is 0 Å². The van der Waals surface area contributed by atoms with Crippen LogP contribution in [-0.4, -0.2) is 41.3 Å². The molecular weight excluding hydrogens is 410 g/mol. The molecule has 2 heterocycles. The molecule has 0 aliphatic carbocycles. The Morgan fingerprint density at radius 3 is 2.39 bits per heavy atom. The standard InChI is InChI=1S/C25H24ClN3O2/c26-19-8-6-18(7-9-19)16-23-21-10-11-24(30)22(25(21)31-27-23)17-28-12-14-29(15-13-28)20-4-2-1-3-5-20/h1-11,30H,12-17H2. The number of halogens is 1. The third-order valence-electron chi connectivity index (χ3n) is 5.95. The molecule has 0 unspecified atom stereocenters. The Hall–Kier alpha value is -3.02. The second kappa shape index (κ2) is 8.61. The summed E-state index contributed by atoms with van der Waals surface area (Å²) in [7, 11) is 0. The van der Waals surface area contributed by atoms with E-state index in [1.165, 1.54) is 5.69 Å². The topological polar surface area (TPSA) is 52.7 Å². The molecule has 0 radical (unpaired) electrons. The van der Waals surface area contributed by atoms with Crippen LogP contribution in [0.5, 0.6) is 5.75 Å². The Labute approximate surface area is 186 Å². The van der Waals surface area contributed by atoms with Crippen molar-refractivity contribution in [1.82, 2.24) is 10.1 Å². The minimum Gasteiger partial charge on any atom is -0.507 e. The number of aromatic nitrogens is 1. The van der Waals surface area contributed by atoms with Gasteiger partial charge in [-0.3, -0.25) is 4.90 Å². The van der Waals surface area contributed by atoms with Crippen LogP contribution < -0.4 is 4.90 Å². The first-order valence-corrected chi connectivity index (χ1v) is 10.9. The van der Waals surface area contributed by atoms with E-state index in [2.05, 4.69) is 39.2 Å². The first-order chi connectivity index (χ1) is 15.2. The van der Waals surface area contributed by atoms with Crippen molar-refractivity contribution in [3.8, 4) is 5.75 Å². The summed E-state index contributed by atoms with van der Waals surface area (Å²) >= 11 is 5.99. The van der Waals surface area contributed by atoms with E-state index < -0.39 is 0 Å². The molecule has 1 N–H and O–H groups in total. The molecule has 1 saturated heterocycles. The van der Waals surface area contributed by atoms with Crippen molar-refractivity contribution in [2.45, 2.75) is 13.0 Å². The van der Waals surface area contributed by atoms with Gasteiger partial charge in [0.2, 0.25) is 0 Å². The van der Waals surface area contributed by atoms with Crippen LogP contribution in [0.25, 0.3) is 11.0 Å². The SMILES string of the molecule is Oc1ccc2c(Cc3ccc(Cl)cc3)noc2c1CN1CCN(c2ccccc2)CC1. The highest BCUT2D eigenvalue weighted by Gasteiger charge is 2.22. The summed E-state index contributed by atoms with van der Waals surface area (Å²) in [5.41, 5.74) is 4.72. The molecule has 1 aromatic heterocycles. The summed E-state index contributed by atoms with van der Waals surface area (Å²) in [5, 5.41) is 16.5. The van der Waals surface area contributed by atoms with Crippen molar-refractivity contribution < 1.29 is 9.63 Å². The Bertz CT molecular complexity index is 1170. The van der Waals surface area contributed by atoms with Gasteiger partial charge in [-0.15, -0.1) is 0 Å². The summed E-state index contributed by atoms with van der Waals surface area (Å²) in [4.78, 5) is 4.75. The van der Waals surface area contributed by atoms with Crippen LogP contribution in [0.1, 0.15) is 16.8 Å². The van der Waals surface area contributed by atoms with Crippen LogP contribution in [0, 0.1) is 0 Å². The Morgan fingerprint density at radius 2 is 1.65 bits per heavy atom. The van der Waals surface area contributed by atoms with E-state index in [9.17, 15) is 5.11 Å².